The molecule has 0 aromatic carbocycles. The largest absolute Gasteiger partial charge is 0.387 e. The van der Waals surface area contributed by atoms with E-state index in [9.17, 15) is 5.11 Å². The number of allylic oxidation sites excluding steroid dienone is 2. The van der Waals surface area contributed by atoms with Gasteiger partial charge < -0.3 is 9.84 Å². The third-order valence-electron chi connectivity index (χ3n) is 8.60. The SMILES string of the molecule is C=C(C)[C@H]1CC[C@H]2[C@@H]3CC=C4C[C@@](O)(COC)CC[C@@H]4[C@H]3CC[C@]12C. The Balaban J connectivity index is 1.56. The van der Waals surface area contributed by atoms with Crippen LogP contribution < -0.4 is 0 Å². The first-order valence-electron chi connectivity index (χ1n) is 10.4. The Morgan fingerprint density at radius 2 is 2.04 bits per heavy atom. The summed E-state index contributed by atoms with van der Waals surface area (Å²) in [6.45, 7) is 9.62. The molecule has 3 saturated carbocycles. The van der Waals surface area contributed by atoms with Gasteiger partial charge in [-0.05, 0) is 93.3 Å². The van der Waals surface area contributed by atoms with Crippen LogP contribution in [0.15, 0.2) is 23.8 Å². The lowest BCUT2D eigenvalue weighted by Gasteiger charge is -2.54. The van der Waals surface area contributed by atoms with Gasteiger partial charge in [-0.25, -0.2) is 0 Å². The Labute approximate surface area is 153 Å². The van der Waals surface area contributed by atoms with E-state index in [4.69, 9.17) is 4.74 Å². The molecule has 4 aliphatic carbocycles. The zero-order chi connectivity index (χ0) is 17.8. The minimum atomic E-state index is -0.620. The summed E-state index contributed by atoms with van der Waals surface area (Å²) in [5, 5.41) is 10.8. The molecule has 0 aliphatic heterocycles. The standard InChI is InChI=1S/C23H36O2/c1-15(2)20-7-8-21-19-6-5-16-13-23(24,14-25-4)12-10-17(16)18(19)9-11-22(20,21)3/h5,17-21,24H,1,6-14H2,2-4H3/t17-,18+,19+,20+,21-,22+,23+/m0/s1. The number of rotatable bonds is 3. The van der Waals surface area contributed by atoms with Gasteiger partial charge in [-0.2, -0.15) is 0 Å². The topological polar surface area (TPSA) is 29.5 Å². The fraction of sp³-hybridized carbons (Fsp3) is 0.826. The summed E-state index contributed by atoms with van der Waals surface area (Å²) in [4.78, 5) is 0. The van der Waals surface area contributed by atoms with E-state index in [0.29, 0.717) is 12.0 Å². The van der Waals surface area contributed by atoms with Crippen molar-refractivity contribution in [3.05, 3.63) is 23.8 Å². The van der Waals surface area contributed by atoms with Crippen LogP contribution in [0.5, 0.6) is 0 Å². The second-order valence-electron chi connectivity index (χ2n) is 9.95. The van der Waals surface area contributed by atoms with Gasteiger partial charge in [0.05, 0.1) is 12.2 Å². The van der Waals surface area contributed by atoms with Crippen molar-refractivity contribution in [3.8, 4) is 0 Å². The van der Waals surface area contributed by atoms with Crippen molar-refractivity contribution in [2.75, 3.05) is 13.7 Å². The number of ether oxygens (including phenoxy) is 1. The monoisotopic (exact) mass is 344 g/mol. The molecule has 2 heteroatoms. The van der Waals surface area contributed by atoms with Crippen molar-refractivity contribution in [2.24, 2.45) is 35.0 Å². The molecule has 4 rings (SSSR count). The molecule has 0 bridgehead atoms. The lowest BCUT2D eigenvalue weighted by molar-refractivity contribution is -0.0675. The Kier molecular flexibility index (Phi) is 4.44. The van der Waals surface area contributed by atoms with Crippen LogP contribution in [-0.4, -0.2) is 24.4 Å². The van der Waals surface area contributed by atoms with Crippen LogP contribution in [0.3, 0.4) is 0 Å². The fourth-order valence-corrected chi connectivity index (χ4v) is 7.57. The molecule has 0 aromatic heterocycles. The highest BCUT2D eigenvalue weighted by molar-refractivity contribution is 5.23. The number of hydrogen-bond donors (Lipinski definition) is 1. The van der Waals surface area contributed by atoms with E-state index in [-0.39, 0.29) is 0 Å². The Bertz CT molecular complexity index is 579. The van der Waals surface area contributed by atoms with Crippen molar-refractivity contribution < 1.29 is 9.84 Å². The van der Waals surface area contributed by atoms with Crippen LogP contribution in [-0.2, 0) is 4.74 Å². The fourth-order valence-electron chi connectivity index (χ4n) is 7.57. The van der Waals surface area contributed by atoms with Crippen LogP contribution >= 0.6 is 0 Å². The summed E-state index contributed by atoms with van der Waals surface area (Å²) in [5.74, 6) is 4.07. The molecule has 0 unspecified atom stereocenters. The van der Waals surface area contributed by atoms with E-state index in [1.807, 2.05) is 0 Å². The molecule has 0 amide bonds. The van der Waals surface area contributed by atoms with Crippen molar-refractivity contribution in [3.63, 3.8) is 0 Å². The molecule has 0 heterocycles. The summed E-state index contributed by atoms with van der Waals surface area (Å²) in [7, 11) is 1.70. The molecule has 0 aromatic rings. The van der Waals surface area contributed by atoms with E-state index < -0.39 is 5.60 Å². The number of methoxy groups -OCH3 is 1. The molecule has 25 heavy (non-hydrogen) atoms. The minimum absolute atomic E-state index is 0.478. The molecule has 0 radical (unpaired) electrons. The molecule has 1 N–H and O–H groups in total. The van der Waals surface area contributed by atoms with E-state index in [0.717, 1.165) is 48.9 Å². The van der Waals surface area contributed by atoms with Crippen molar-refractivity contribution in [2.45, 2.75) is 70.8 Å². The van der Waals surface area contributed by atoms with Gasteiger partial charge in [0, 0.05) is 7.11 Å². The molecule has 2 nitrogen and oxygen atoms in total. The van der Waals surface area contributed by atoms with Crippen molar-refractivity contribution in [1.29, 1.82) is 0 Å². The first kappa shape index (κ1) is 17.8. The molecule has 7 atom stereocenters. The third kappa shape index (κ3) is 2.75. The van der Waals surface area contributed by atoms with E-state index >= 15 is 0 Å². The molecule has 0 spiro atoms. The summed E-state index contributed by atoms with van der Waals surface area (Å²) in [5.41, 5.74) is 2.83. The van der Waals surface area contributed by atoms with Gasteiger partial charge in [0.1, 0.15) is 0 Å². The van der Waals surface area contributed by atoms with Gasteiger partial charge in [-0.1, -0.05) is 30.7 Å². The lowest BCUT2D eigenvalue weighted by atomic mass is 9.51. The predicted octanol–water partition coefficient (Wildman–Crippen LogP) is 5.13. The average molecular weight is 345 g/mol. The molecule has 0 saturated heterocycles. The third-order valence-corrected chi connectivity index (χ3v) is 8.60. The first-order valence-corrected chi connectivity index (χ1v) is 10.4. The second kappa shape index (κ2) is 6.23. The molecular formula is C23H36O2. The summed E-state index contributed by atoms with van der Waals surface area (Å²) in [6, 6.07) is 0. The second-order valence-corrected chi connectivity index (χ2v) is 9.95. The van der Waals surface area contributed by atoms with Gasteiger partial charge in [0.15, 0.2) is 0 Å². The quantitative estimate of drug-likeness (QED) is 0.719. The van der Waals surface area contributed by atoms with Gasteiger partial charge in [-0.3, -0.25) is 0 Å². The Morgan fingerprint density at radius 1 is 1.24 bits per heavy atom. The minimum Gasteiger partial charge on any atom is -0.387 e. The highest BCUT2D eigenvalue weighted by Crippen LogP contribution is 2.64. The number of hydrogen-bond acceptors (Lipinski definition) is 2. The predicted molar refractivity (Wildman–Crippen MR) is 102 cm³/mol. The van der Waals surface area contributed by atoms with E-state index in [1.165, 1.54) is 37.7 Å². The smallest absolute Gasteiger partial charge is 0.0917 e. The lowest BCUT2D eigenvalue weighted by Crippen LogP contribution is -2.48. The highest BCUT2D eigenvalue weighted by Gasteiger charge is 2.56. The average Bonchev–Trinajstić information content (AvgIpc) is 2.91. The summed E-state index contributed by atoms with van der Waals surface area (Å²) in [6.07, 6.45) is 12.2. The molecule has 3 fully saturated rings. The van der Waals surface area contributed by atoms with Crippen LogP contribution in [0.4, 0.5) is 0 Å². The molecule has 140 valence electrons. The van der Waals surface area contributed by atoms with Crippen LogP contribution in [0.25, 0.3) is 0 Å². The van der Waals surface area contributed by atoms with Crippen LogP contribution in [0.2, 0.25) is 0 Å². The van der Waals surface area contributed by atoms with Gasteiger partial charge >= 0.3 is 0 Å². The maximum Gasteiger partial charge on any atom is 0.0917 e. The Morgan fingerprint density at radius 3 is 2.76 bits per heavy atom. The normalized spacial score (nSPS) is 49.0. The van der Waals surface area contributed by atoms with Crippen molar-refractivity contribution >= 4 is 0 Å². The van der Waals surface area contributed by atoms with E-state index in [2.05, 4.69) is 26.5 Å². The van der Waals surface area contributed by atoms with E-state index in [1.54, 1.807) is 12.7 Å². The maximum atomic E-state index is 10.8. The van der Waals surface area contributed by atoms with Crippen LogP contribution in [0.1, 0.15) is 65.2 Å². The number of fused-ring (bicyclic) bond motifs is 5. The molecular weight excluding hydrogens is 308 g/mol. The van der Waals surface area contributed by atoms with Gasteiger partial charge in [-0.15, -0.1) is 0 Å². The van der Waals surface area contributed by atoms with Crippen molar-refractivity contribution in [1.82, 2.24) is 0 Å². The maximum absolute atomic E-state index is 10.8. The van der Waals surface area contributed by atoms with Crippen LogP contribution in [0, 0.1) is 35.0 Å². The summed E-state index contributed by atoms with van der Waals surface area (Å²) >= 11 is 0. The van der Waals surface area contributed by atoms with Gasteiger partial charge in [0.25, 0.3) is 0 Å². The summed E-state index contributed by atoms with van der Waals surface area (Å²) < 4.78 is 5.29. The Hall–Kier alpha value is -0.600. The number of aliphatic hydroxyl groups is 1. The zero-order valence-corrected chi connectivity index (χ0v) is 16.4. The molecule has 4 aliphatic rings. The first-order chi connectivity index (χ1) is 11.9. The zero-order valence-electron chi connectivity index (χ0n) is 16.4. The van der Waals surface area contributed by atoms with Gasteiger partial charge in [0.2, 0.25) is 0 Å². The highest BCUT2D eigenvalue weighted by atomic mass is 16.5.